The molecule has 1 amide bonds. The third kappa shape index (κ3) is 3.40. The minimum Gasteiger partial charge on any atom is -0.477 e. The van der Waals surface area contributed by atoms with Gasteiger partial charge in [0.05, 0.1) is 16.7 Å². The molecule has 9 heteroatoms. The highest BCUT2D eigenvalue weighted by atomic mass is 32.1. The highest BCUT2D eigenvalue weighted by molar-refractivity contribution is 7.13. The number of hydrogen-bond donors (Lipinski definition) is 2. The van der Waals surface area contributed by atoms with E-state index in [-0.39, 0.29) is 21.7 Å². The lowest BCUT2D eigenvalue weighted by Crippen LogP contribution is -2.27. The van der Waals surface area contributed by atoms with E-state index in [0.717, 1.165) is 11.3 Å². The predicted molar refractivity (Wildman–Crippen MR) is 87.5 cm³/mol. The van der Waals surface area contributed by atoms with Crippen molar-refractivity contribution in [1.29, 1.82) is 0 Å². The van der Waals surface area contributed by atoms with Gasteiger partial charge in [-0.05, 0) is 26.8 Å². The fraction of sp³-hybridized carbons (Fsp3) is 0.267. The van der Waals surface area contributed by atoms with Crippen LogP contribution in [0.5, 0.6) is 0 Å². The first kappa shape index (κ1) is 17.5. The molecule has 1 atom stereocenters. The zero-order chi connectivity index (χ0) is 18.0. The van der Waals surface area contributed by atoms with Crippen LogP contribution in [0.3, 0.4) is 0 Å². The van der Waals surface area contributed by atoms with E-state index in [1.807, 2.05) is 0 Å². The van der Waals surface area contributed by atoms with Crippen LogP contribution in [0.1, 0.15) is 49.3 Å². The number of rotatable bonds is 5. The topological polar surface area (TPSA) is 122 Å². The lowest BCUT2D eigenvalue weighted by molar-refractivity contribution is -0.385. The second kappa shape index (κ2) is 6.75. The van der Waals surface area contributed by atoms with Gasteiger partial charge in [-0.2, -0.15) is 0 Å². The Morgan fingerprint density at radius 3 is 2.58 bits per heavy atom. The Labute approximate surface area is 141 Å². The quantitative estimate of drug-likeness (QED) is 0.632. The van der Waals surface area contributed by atoms with Crippen LogP contribution in [0.4, 0.5) is 5.69 Å². The van der Waals surface area contributed by atoms with Gasteiger partial charge in [0.1, 0.15) is 9.88 Å². The Hall–Kier alpha value is -2.81. The summed E-state index contributed by atoms with van der Waals surface area (Å²) < 4.78 is 0. The van der Waals surface area contributed by atoms with Crippen molar-refractivity contribution < 1.29 is 19.6 Å². The molecule has 0 fully saturated rings. The molecule has 0 aliphatic heterocycles. The van der Waals surface area contributed by atoms with E-state index in [9.17, 15) is 19.7 Å². The van der Waals surface area contributed by atoms with Gasteiger partial charge in [0, 0.05) is 17.2 Å². The largest absolute Gasteiger partial charge is 0.477 e. The third-order valence-corrected chi connectivity index (χ3v) is 4.80. The molecular formula is C15H15N3O5S. The molecule has 0 saturated carbocycles. The van der Waals surface area contributed by atoms with Crippen molar-refractivity contribution in [1.82, 2.24) is 10.3 Å². The fourth-order valence-electron chi connectivity index (χ4n) is 2.20. The predicted octanol–water partition coefficient (Wildman–Crippen LogP) is 2.86. The van der Waals surface area contributed by atoms with E-state index in [1.165, 1.54) is 25.1 Å². The molecule has 2 aromatic rings. The SMILES string of the molecule is Cc1nc(C(C)NC(=O)c2cccc([N+](=O)[O-])c2C)sc1C(=O)O. The summed E-state index contributed by atoms with van der Waals surface area (Å²) in [5, 5.41) is 23.2. The van der Waals surface area contributed by atoms with Crippen LogP contribution in [0.25, 0.3) is 0 Å². The van der Waals surface area contributed by atoms with Crippen molar-refractivity contribution in [3.8, 4) is 0 Å². The average Bonchev–Trinajstić information content (AvgIpc) is 2.89. The highest BCUT2D eigenvalue weighted by Gasteiger charge is 2.22. The lowest BCUT2D eigenvalue weighted by atomic mass is 10.1. The standard InChI is InChI=1S/C15H15N3O5S/c1-7-10(5-4-6-11(7)18(22)23)13(19)16-9(3)14-17-8(2)12(24-14)15(20)21/h4-6,9H,1-3H3,(H,16,19)(H,20,21). The molecule has 8 nitrogen and oxygen atoms in total. The molecule has 1 heterocycles. The number of aromatic carboxylic acids is 1. The maximum atomic E-state index is 12.4. The summed E-state index contributed by atoms with van der Waals surface area (Å²) in [6.45, 7) is 4.77. The summed E-state index contributed by atoms with van der Waals surface area (Å²) in [6.07, 6.45) is 0. The zero-order valence-electron chi connectivity index (χ0n) is 13.2. The number of nitro benzene ring substituents is 1. The van der Waals surface area contributed by atoms with Gasteiger partial charge in [0.25, 0.3) is 11.6 Å². The number of thiazole rings is 1. The van der Waals surface area contributed by atoms with Crippen LogP contribution in [-0.4, -0.2) is 26.9 Å². The summed E-state index contributed by atoms with van der Waals surface area (Å²) in [7, 11) is 0. The molecule has 0 aliphatic rings. The number of nitro groups is 1. The molecule has 0 aliphatic carbocycles. The first-order chi connectivity index (χ1) is 11.2. The molecule has 0 saturated heterocycles. The second-order valence-corrected chi connectivity index (χ2v) is 6.20. The van der Waals surface area contributed by atoms with Crippen LogP contribution in [0.2, 0.25) is 0 Å². The molecule has 1 aromatic carbocycles. The van der Waals surface area contributed by atoms with Gasteiger partial charge in [0.15, 0.2) is 0 Å². The minimum absolute atomic E-state index is 0.123. The summed E-state index contributed by atoms with van der Waals surface area (Å²) in [6, 6.07) is 3.76. The maximum Gasteiger partial charge on any atom is 0.347 e. The van der Waals surface area contributed by atoms with Crippen molar-refractivity contribution >= 4 is 28.9 Å². The van der Waals surface area contributed by atoms with Crippen molar-refractivity contribution in [3.05, 3.63) is 55.0 Å². The van der Waals surface area contributed by atoms with E-state index < -0.39 is 22.8 Å². The van der Waals surface area contributed by atoms with Gasteiger partial charge in [0.2, 0.25) is 0 Å². The molecule has 0 radical (unpaired) electrons. The number of carboxylic acids is 1. The van der Waals surface area contributed by atoms with Crippen molar-refractivity contribution in [3.63, 3.8) is 0 Å². The Morgan fingerprint density at radius 2 is 2.04 bits per heavy atom. The smallest absolute Gasteiger partial charge is 0.347 e. The molecule has 2 rings (SSSR count). The Morgan fingerprint density at radius 1 is 1.38 bits per heavy atom. The number of carbonyl (C=O) groups excluding carboxylic acids is 1. The number of amides is 1. The fourth-order valence-corrected chi connectivity index (χ4v) is 3.11. The second-order valence-electron chi connectivity index (χ2n) is 5.17. The van der Waals surface area contributed by atoms with Crippen LogP contribution < -0.4 is 5.32 Å². The number of aromatic nitrogens is 1. The Balaban J connectivity index is 2.24. The Kier molecular flexibility index (Phi) is 4.93. The lowest BCUT2D eigenvalue weighted by Gasteiger charge is -2.12. The first-order valence-corrected chi connectivity index (χ1v) is 7.79. The van der Waals surface area contributed by atoms with Crippen molar-refractivity contribution in [2.45, 2.75) is 26.8 Å². The summed E-state index contributed by atoms with van der Waals surface area (Å²) in [5.74, 6) is -1.54. The highest BCUT2D eigenvalue weighted by Crippen LogP contribution is 2.25. The molecule has 126 valence electrons. The van der Waals surface area contributed by atoms with E-state index in [1.54, 1.807) is 13.8 Å². The van der Waals surface area contributed by atoms with Crippen molar-refractivity contribution in [2.75, 3.05) is 0 Å². The van der Waals surface area contributed by atoms with Gasteiger partial charge in [-0.3, -0.25) is 14.9 Å². The number of aryl methyl sites for hydroxylation is 1. The van der Waals surface area contributed by atoms with Gasteiger partial charge in [-0.1, -0.05) is 6.07 Å². The minimum atomic E-state index is -1.07. The Bertz CT molecular complexity index is 831. The van der Waals surface area contributed by atoms with E-state index in [0.29, 0.717) is 10.7 Å². The molecule has 24 heavy (non-hydrogen) atoms. The summed E-state index contributed by atoms with van der Waals surface area (Å²) in [5.41, 5.74) is 0.722. The molecule has 0 spiro atoms. The van der Waals surface area contributed by atoms with Crippen LogP contribution in [-0.2, 0) is 0 Å². The maximum absolute atomic E-state index is 12.4. The number of benzene rings is 1. The zero-order valence-corrected chi connectivity index (χ0v) is 14.0. The summed E-state index contributed by atoms with van der Waals surface area (Å²) in [4.78, 5) is 38.1. The third-order valence-electron chi connectivity index (χ3n) is 3.47. The summed E-state index contributed by atoms with van der Waals surface area (Å²) >= 11 is 0.992. The van der Waals surface area contributed by atoms with E-state index in [2.05, 4.69) is 10.3 Å². The first-order valence-electron chi connectivity index (χ1n) is 6.97. The number of nitrogens with one attached hydrogen (secondary N) is 1. The number of hydrogen-bond acceptors (Lipinski definition) is 6. The normalized spacial score (nSPS) is 11.8. The number of nitrogens with zero attached hydrogens (tertiary/aromatic N) is 2. The van der Waals surface area contributed by atoms with Gasteiger partial charge < -0.3 is 10.4 Å². The molecule has 2 N–H and O–H groups in total. The van der Waals surface area contributed by atoms with Gasteiger partial charge >= 0.3 is 5.97 Å². The molecular weight excluding hydrogens is 334 g/mol. The van der Waals surface area contributed by atoms with Gasteiger partial charge in [-0.15, -0.1) is 11.3 Å². The van der Waals surface area contributed by atoms with E-state index >= 15 is 0 Å². The number of carboxylic acid groups (broad SMARTS) is 1. The monoisotopic (exact) mass is 349 g/mol. The van der Waals surface area contributed by atoms with Crippen LogP contribution >= 0.6 is 11.3 Å². The van der Waals surface area contributed by atoms with Crippen molar-refractivity contribution in [2.24, 2.45) is 0 Å². The van der Waals surface area contributed by atoms with Crippen LogP contribution in [0.15, 0.2) is 18.2 Å². The molecule has 0 bridgehead atoms. The molecule has 1 aromatic heterocycles. The van der Waals surface area contributed by atoms with Crippen LogP contribution in [0, 0.1) is 24.0 Å². The average molecular weight is 349 g/mol. The van der Waals surface area contributed by atoms with Gasteiger partial charge in [-0.25, -0.2) is 9.78 Å². The number of carbonyl (C=O) groups is 2. The molecule has 1 unspecified atom stereocenters. The van der Waals surface area contributed by atoms with E-state index in [4.69, 9.17) is 5.11 Å².